The Hall–Kier alpha value is -0.170. The van der Waals surface area contributed by atoms with Gasteiger partial charge in [-0.05, 0) is 23.0 Å². The van der Waals surface area contributed by atoms with Gasteiger partial charge in [-0.2, -0.15) is 0 Å². The van der Waals surface area contributed by atoms with Gasteiger partial charge in [-0.1, -0.05) is 45.0 Å². The number of rotatable bonds is 5. The lowest BCUT2D eigenvalue weighted by Gasteiger charge is -2.31. The minimum atomic E-state index is -0.0218. The molecule has 2 aliphatic rings. The number of likely N-dealkylation sites (tertiary alicyclic amines) is 1. The average molecular weight is 459 g/mol. The zero-order chi connectivity index (χ0) is 17.2. The van der Waals surface area contributed by atoms with E-state index in [1.165, 1.54) is 37.1 Å². The van der Waals surface area contributed by atoms with Gasteiger partial charge in [0.05, 0.1) is 26.7 Å². The van der Waals surface area contributed by atoms with Gasteiger partial charge in [0.15, 0.2) is 6.29 Å². The smallest absolute Gasteiger partial charge is 0.158 e. The predicted octanol–water partition coefficient (Wildman–Crippen LogP) is 0.903. The molecule has 2 saturated heterocycles. The van der Waals surface area contributed by atoms with Crippen LogP contribution in [0.4, 0.5) is 0 Å². The van der Waals surface area contributed by atoms with E-state index in [0.29, 0.717) is 0 Å². The molecular formula is C21H34INO2. The van der Waals surface area contributed by atoms with Gasteiger partial charge in [-0.25, -0.2) is 0 Å². The maximum atomic E-state index is 6.15. The van der Waals surface area contributed by atoms with Crippen LogP contribution in [0.2, 0.25) is 0 Å². The quantitative estimate of drug-likeness (QED) is 0.482. The molecule has 0 spiro atoms. The van der Waals surface area contributed by atoms with Crippen molar-refractivity contribution in [2.24, 2.45) is 0 Å². The standard InChI is InChI=1S/C21H34NO2.HI/c1-21(2,3)18-10-7-17(8-11-18)9-12-20-23-16-19(24-20)15-22(4)13-5-6-14-22;/h7-8,10-11,19-20H,5-6,9,12-16H2,1-4H3;1H/q+1;/p-1. The molecule has 0 aromatic heterocycles. The van der Waals surface area contributed by atoms with Crippen LogP contribution >= 0.6 is 0 Å². The van der Waals surface area contributed by atoms with Gasteiger partial charge in [0.25, 0.3) is 0 Å². The van der Waals surface area contributed by atoms with E-state index >= 15 is 0 Å². The summed E-state index contributed by atoms with van der Waals surface area (Å²) in [4.78, 5) is 0. The van der Waals surface area contributed by atoms with Gasteiger partial charge in [0.2, 0.25) is 0 Å². The van der Waals surface area contributed by atoms with E-state index in [2.05, 4.69) is 52.1 Å². The number of ether oxygens (including phenoxy) is 2. The molecule has 1 aromatic rings. The highest BCUT2D eigenvalue weighted by Crippen LogP contribution is 2.25. The highest BCUT2D eigenvalue weighted by Gasteiger charge is 2.35. The number of hydrogen-bond acceptors (Lipinski definition) is 2. The van der Waals surface area contributed by atoms with Crippen LogP contribution in [-0.4, -0.2) is 50.2 Å². The van der Waals surface area contributed by atoms with E-state index in [9.17, 15) is 0 Å². The largest absolute Gasteiger partial charge is 1.00 e. The van der Waals surface area contributed by atoms with Gasteiger partial charge < -0.3 is 37.9 Å². The van der Waals surface area contributed by atoms with Crippen molar-refractivity contribution in [2.45, 2.75) is 64.3 Å². The lowest BCUT2D eigenvalue weighted by molar-refractivity contribution is -0.900. The number of likely N-dealkylation sites (N-methyl/N-ethyl adjacent to an activating group) is 1. The summed E-state index contributed by atoms with van der Waals surface area (Å²) in [6, 6.07) is 9.02. The van der Waals surface area contributed by atoms with Crippen LogP contribution in [0.15, 0.2) is 24.3 Å². The van der Waals surface area contributed by atoms with E-state index in [1.807, 2.05) is 0 Å². The van der Waals surface area contributed by atoms with Crippen molar-refractivity contribution in [1.29, 1.82) is 0 Å². The number of halogens is 1. The molecular weight excluding hydrogens is 425 g/mol. The van der Waals surface area contributed by atoms with E-state index in [-0.39, 0.29) is 41.8 Å². The average Bonchev–Trinajstić information content (AvgIpc) is 3.14. The molecule has 0 saturated carbocycles. The van der Waals surface area contributed by atoms with Crippen LogP contribution in [0.25, 0.3) is 0 Å². The molecule has 1 aromatic carbocycles. The van der Waals surface area contributed by atoms with E-state index < -0.39 is 0 Å². The van der Waals surface area contributed by atoms with E-state index in [0.717, 1.165) is 30.5 Å². The summed E-state index contributed by atoms with van der Waals surface area (Å²) >= 11 is 0. The fourth-order valence-corrected chi connectivity index (χ4v) is 3.98. The molecule has 0 radical (unpaired) electrons. The molecule has 2 heterocycles. The van der Waals surface area contributed by atoms with Gasteiger partial charge >= 0.3 is 0 Å². The van der Waals surface area contributed by atoms with Crippen LogP contribution in [0.3, 0.4) is 0 Å². The fraction of sp³-hybridized carbons (Fsp3) is 0.714. The van der Waals surface area contributed by atoms with Crippen LogP contribution < -0.4 is 24.0 Å². The number of quaternary nitrogens is 1. The van der Waals surface area contributed by atoms with Crippen molar-refractivity contribution < 1.29 is 37.9 Å². The van der Waals surface area contributed by atoms with E-state index in [4.69, 9.17) is 9.47 Å². The first-order chi connectivity index (χ1) is 11.3. The van der Waals surface area contributed by atoms with Crippen LogP contribution in [-0.2, 0) is 21.3 Å². The molecule has 2 fully saturated rings. The predicted molar refractivity (Wildman–Crippen MR) is 98.1 cm³/mol. The Labute approximate surface area is 170 Å². The zero-order valence-electron chi connectivity index (χ0n) is 16.3. The molecule has 0 amide bonds. The van der Waals surface area contributed by atoms with Crippen LogP contribution in [0.1, 0.15) is 51.2 Å². The topological polar surface area (TPSA) is 18.5 Å². The maximum absolute atomic E-state index is 6.15. The third kappa shape index (κ3) is 5.91. The second-order valence-electron chi connectivity index (χ2n) is 8.96. The van der Waals surface area contributed by atoms with Crippen molar-refractivity contribution in [3.63, 3.8) is 0 Å². The summed E-state index contributed by atoms with van der Waals surface area (Å²) in [7, 11) is 2.36. The molecule has 2 unspecified atom stereocenters. The molecule has 3 rings (SSSR count). The number of benzene rings is 1. The SMILES string of the molecule is CC(C)(C)c1ccc(CCC2OCC(C[N+]3(C)CCCC3)O2)cc1.[I-]. The minimum absolute atomic E-state index is 0. The normalized spacial score (nSPS) is 25.8. The Morgan fingerprint density at radius 1 is 1.08 bits per heavy atom. The Balaban J connectivity index is 0.00000225. The molecule has 2 aliphatic heterocycles. The summed E-state index contributed by atoms with van der Waals surface area (Å²) in [6.45, 7) is 11.2. The van der Waals surface area contributed by atoms with Gasteiger partial charge in [-0.15, -0.1) is 0 Å². The summed E-state index contributed by atoms with van der Waals surface area (Å²) in [5.74, 6) is 0. The lowest BCUT2D eigenvalue weighted by atomic mass is 9.86. The molecule has 0 N–H and O–H groups in total. The number of hydrogen-bond donors (Lipinski definition) is 0. The summed E-state index contributed by atoms with van der Waals surface area (Å²) in [5, 5.41) is 0. The Morgan fingerprint density at radius 3 is 2.32 bits per heavy atom. The molecule has 142 valence electrons. The first-order valence-electron chi connectivity index (χ1n) is 9.54. The highest BCUT2D eigenvalue weighted by molar-refractivity contribution is 5.27. The molecule has 0 bridgehead atoms. The summed E-state index contributed by atoms with van der Waals surface area (Å²) in [6.07, 6.45) is 4.95. The molecule has 25 heavy (non-hydrogen) atoms. The van der Waals surface area contributed by atoms with Crippen LogP contribution in [0, 0.1) is 0 Å². The summed E-state index contributed by atoms with van der Waals surface area (Å²) in [5.41, 5.74) is 2.98. The third-order valence-electron chi connectivity index (χ3n) is 5.59. The van der Waals surface area contributed by atoms with Crippen molar-refractivity contribution >= 4 is 0 Å². The second-order valence-corrected chi connectivity index (χ2v) is 8.96. The highest BCUT2D eigenvalue weighted by atomic mass is 127. The number of aryl methyl sites for hydroxylation is 1. The maximum Gasteiger partial charge on any atom is 0.158 e. The first-order valence-corrected chi connectivity index (χ1v) is 9.54. The monoisotopic (exact) mass is 459 g/mol. The van der Waals surface area contributed by atoms with Crippen molar-refractivity contribution in [3.8, 4) is 0 Å². The van der Waals surface area contributed by atoms with Gasteiger partial charge in [0.1, 0.15) is 12.6 Å². The van der Waals surface area contributed by atoms with Gasteiger partial charge in [0, 0.05) is 19.3 Å². The van der Waals surface area contributed by atoms with E-state index in [1.54, 1.807) is 0 Å². The molecule has 3 nitrogen and oxygen atoms in total. The minimum Gasteiger partial charge on any atom is -1.00 e. The zero-order valence-corrected chi connectivity index (χ0v) is 18.4. The second kappa shape index (κ2) is 8.68. The van der Waals surface area contributed by atoms with Crippen molar-refractivity contribution in [3.05, 3.63) is 35.4 Å². The lowest BCUT2D eigenvalue weighted by Crippen LogP contribution is -3.00. The summed E-state index contributed by atoms with van der Waals surface area (Å²) < 4.78 is 13.2. The Morgan fingerprint density at radius 2 is 1.72 bits per heavy atom. The third-order valence-corrected chi connectivity index (χ3v) is 5.59. The Kier molecular flexibility index (Phi) is 7.34. The Bertz CT molecular complexity index is 532. The molecule has 2 atom stereocenters. The van der Waals surface area contributed by atoms with Gasteiger partial charge in [-0.3, -0.25) is 0 Å². The molecule has 0 aliphatic carbocycles. The fourth-order valence-electron chi connectivity index (χ4n) is 3.98. The van der Waals surface area contributed by atoms with Crippen LogP contribution in [0.5, 0.6) is 0 Å². The first kappa shape index (κ1) is 21.1. The van der Waals surface area contributed by atoms with Crippen molar-refractivity contribution in [1.82, 2.24) is 0 Å². The van der Waals surface area contributed by atoms with Crippen molar-refractivity contribution in [2.75, 3.05) is 33.3 Å². The number of nitrogens with zero attached hydrogens (tertiary/aromatic N) is 1. The molecule has 4 heteroatoms.